The number of ether oxygens (including phenoxy) is 1. The number of sulfone groups is 1. The van der Waals surface area contributed by atoms with Gasteiger partial charge in [0.2, 0.25) is 11.9 Å². The molecule has 0 atom stereocenters. The standard InChI is InChI=1S/C30H38ClN7O4S/c1-7-28(39)33-23-16-24(26(42-6)17-25(23)38-14-12-37(13-15-38)19(2)3)35-30-32-18-21(31)29(36-30)34-22-10-8-9-11-27(22)43(40,41)20(4)5/h7-11,16-20H,1,12-15H2,2-6H3,(H,33,39)(H2,32,34,35,36). The average Bonchev–Trinajstić information content (AvgIpc) is 2.99. The van der Waals surface area contributed by atoms with E-state index in [9.17, 15) is 13.2 Å². The molecule has 1 amide bonds. The fourth-order valence-electron chi connectivity index (χ4n) is 4.70. The highest BCUT2D eigenvalue weighted by Gasteiger charge is 2.25. The van der Waals surface area contributed by atoms with Gasteiger partial charge in [-0.15, -0.1) is 0 Å². The average molecular weight is 628 g/mol. The van der Waals surface area contributed by atoms with E-state index in [0.29, 0.717) is 28.9 Å². The second-order valence-corrected chi connectivity index (χ2v) is 13.5. The second-order valence-electron chi connectivity index (χ2n) is 10.6. The van der Waals surface area contributed by atoms with Crippen LogP contribution in [0.4, 0.5) is 34.5 Å². The Hall–Kier alpha value is -3.87. The van der Waals surface area contributed by atoms with Gasteiger partial charge in [0.05, 0.1) is 46.2 Å². The van der Waals surface area contributed by atoms with Crippen molar-refractivity contribution in [2.24, 2.45) is 0 Å². The molecule has 0 bridgehead atoms. The lowest BCUT2D eigenvalue weighted by Crippen LogP contribution is -2.49. The summed E-state index contributed by atoms with van der Waals surface area (Å²) in [4.78, 5) is 26.0. The van der Waals surface area contributed by atoms with E-state index in [-0.39, 0.29) is 27.6 Å². The number of hydrogen-bond acceptors (Lipinski definition) is 10. The van der Waals surface area contributed by atoms with Crippen molar-refractivity contribution in [2.75, 3.05) is 54.1 Å². The number of amides is 1. The van der Waals surface area contributed by atoms with E-state index < -0.39 is 15.1 Å². The van der Waals surface area contributed by atoms with Crippen LogP contribution in [0.25, 0.3) is 0 Å². The molecule has 3 aromatic rings. The van der Waals surface area contributed by atoms with Gasteiger partial charge in [0, 0.05) is 38.3 Å². The summed E-state index contributed by atoms with van der Waals surface area (Å²) in [7, 11) is -2.02. The molecule has 43 heavy (non-hydrogen) atoms. The number of benzene rings is 2. The van der Waals surface area contributed by atoms with Gasteiger partial charge in [-0.25, -0.2) is 13.4 Å². The van der Waals surface area contributed by atoms with Crippen molar-refractivity contribution in [3.8, 4) is 5.75 Å². The first kappa shape index (κ1) is 32.1. The first-order valence-corrected chi connectivity index (χ1v) is 15.9. The molecule has 230 valence electrons. The number of nitrogens with zero attached hydrogens (tertiary/aromatic N) is 4. The number of nitrogens with one attached hydrogen (secondary N) is 3. The number of aromatic nitrogens is 2. The second kappa shape index (κ2) is 13.6. The van der Waals surface area contributed by atoms with Crippen LogP contribution in [0.15, 0.2) is 60.1 Å². The highest BCUT2D eigenvalue weighted by Crippen LogP contribution is 2.39. The SMILES string of the molecule is C=CC(=O)Nc1cc(Nc2ncc(Cl)c(Nc3ccccc3S(=O)(=O)C(C)C)n2)c(OC)cc1N1CCN(C(C)C)CC1. The summed E-state index contributed by atoms with van der Waals surface area (Å²) in [6.07, 6.45) is 2.63. The van der Waals surface area contributed by atoms with Crippen LogP contribution < -0.4 is 25.6 Å². The molecule has 4 rings (SSSR count). The Morgan fingerprint density at radius 3 is 2.37 bits per heavy atom. The van der Waals surface area contributed by atoms with Crippen molar-refractivity contribution in [1.82, 2.24) is 14.9 Å². The van der Waals surface area contributed by atoms with Crippen LogP contribution in [-0.4, -0.2) is 73.8 Å². The smallest absolute Gasteiger partial charge is 0.247 e. The normalized spacial score (nSPS) is 14.1. The summed E-state index contributed by atoms with van der Waals surface area (Å²) in [5.41, 5.74) is 2.24. The lowest BCUT2D eigenvalue weighted by molar-refractivity contribution is -0.111. The Morgan fingerprint density at radius 1 is 1.05 bits per heavy atom. The van der Waals surface area contributed by atoms with E-state index in [1.807, 2.05) is 6.07 Å². The molecule has 2 aromatic carbocycles. The van der Waals surface area contributed by atoms with Gasteiger partial charge in [-0.1, -0.05) is 30.3 Å². The van der Waals surface area contributed by atoms with E-state index in [4.69, 9.17) is 16.3 Å². The predicted molar refractivity (Wildman–Crippen MR) is 173 cm³/mol. The number of carbonyl (C=O) groups is 1. The van der Waals surface area contributed by atoms with E-state index in [0.717, 1.165) is 31.9 Å². The summed E-state index contributed by atoms with van der Waals surface area (Å²) in [5, 5.41) is 8.71. The fourth-order valence-corrected chi connectivity index (χ4v) is 6.04. The molecule has 13 heteroatoms. The molecule has 1 aromatic heterocycles. The first-order valence-electron chi connectivity index (χ1n) is 14.0. The van der Waals surface area contributed by atoms with Gasteiger partial charge in [0.15, 0.2) is 15.7 Å². The molecule has 0 aliphatic carbocycles. The van der Waals surface area contributed by atoms with Crippen molar-refractivity contribution in [3.05, 3.63) is 60.3 Å². The largest absolute Gasteiger partial charge is 0.494 e. The van der Waals surface area contributed by atoms with Crippen molar-refractivity contribution in [3.63, 3.8) is 0 Å². The molecule has 2 heterocycles. The maximum absolute atomic E-state index is 13.0. The molecule has 0 unspecified atom stereocenters. The zero-order valence-electron chi connectivity index (χ0n) is 25.0. The van der Waals surface area contributed by atoms with Gasteiger partial charge in [-0.3, -0.25) is 9.69 Å². The highest BCUT2D eigenvalue weighted by atomic mass is 35.5. The number of piperazine rings is 1. The lowest BCUT2D eigenvalue weighted by Gasteiger charge is -2.39. The van der Waals surface area contributed by atoms with Crippen molar-refractivity contribution in [2.45, 2.75) is 43.9 Å². The minimum atomic E-state index is -3.58. The Labute approximate surface area is 258 Å². The number of halogens is 1. The molecule has 0 radical (unpaired) electrons. The number of methoxy groups -OCH3 is 1. The maximum atomic E-state index is 13.0. The van der Waals surface area contributed by atoms with Gasteiger partial charge in [-0.05, 0) is 52.0 Å². The Bertz CT molecular complexity index is 1590. The summed E-state index contributed by atoms with van der Waals surface area (Å²) >= 11 is 6.42. The monoisotopic (exact) mass is 627 g/mol. The number of rotatable bonds is 11. The number of anilines is 6. The Morgan fingerprint density at radius 2 is 1.74 bits per heavy atom. The minimum absolute atomic E-state index is 0.142. The van der Waals surface area contributed by atoms with Crippen LogP contribution >= 0.6 is 11.6 Å². The molecular formula is C30H38ClN7O4S. The van der Waals surface area contributed by atoms with Gasteiger partial charge < -0.3 is 25.6 Å². The predicted octanol–water partition coefficient (Wildman–Crippen LogP) is 5.46. The molecule has 0 saturated carbocycles. The zero-order chi connectivity index (χ0) is 31.3. The van der Waals surface area contributed by atoms with Crippen LogP contribution in [0.2, 0.25) is 5.02 Å². The topological polar surface area (TPSA) is 129 Å². The molecule has 11 nitrogen and oxygen atoms in total. The van der Waals surface area contributed by atoms with E-state index in [1.165, 1.54) is 12.3 Å². The Kier molecular flexibility index (Phi) is 10.2. The third-order valence-electron chi connectivity index (χ3n) is 7.20. The third kappa shape index (κ3) is 7.38. The summed E-state index contributed by atoms with van der Waals surface area (Å²) < 4.78 is 31.6. The quantitative estimate of drug-likeness (QED) is 0.236. The minimum Gasteiger partial charge on any atom is -0.494 e. The van der Waals surface area contributed by atoms with E-state index in [2.05, 4.69) is 56.1 Å². The van der Waals surface area contributed by atoms with Crippen molar-refractivity contribution < 1.29 is 17.9 Å². The van der Waals surface area contributed by atoms with Crippen LogP contribution in [0.1, 0.15) is 27.7 Å². The van der Waals surface area contributed by atoms with Crippen LogP contribution in [0.3, 0.4) is 0 Å². The number of para-hydroxylation sites is 1. The van der Waals surface area contributed by atoms with Gasteiger partial charge >= 0.3 is 0 Å². The third-order valence-corrected chi connectivity index (χ3v) is 9.69. The summed E-state index contributed by atoms with van der Waals surface area (Å²) in [5.74, 6) is 0.555. The molecule has 1 aliphatic rings. The zero-order valence-corrected chi connectivity index (χ0v) is 26.6. The van der Waals surface area contributed by atoms with Gasteiger partial charge in [0.1, 0.15) is 10.8 Å². The van der Waals surface area contributed by atoms with E-state index in [1.54, 1.807) is 51.3 Å². The van der Waals surface area contributed by atoms with Gasteiger partial charge in [-0.2, -0.15) is 4.98 Å². The van der Waals surface area contributed by atoms with Crippen LogP contribution in [-0.2, 0) is 14.6 Å². The van der Waals surface area contributed by atoms with Crippen LogP contribution in [0.5, 0.6) is 5.75 Å². The highest BCUT2D eigenvalue weighted by molar-refractivity contribution is 7.92. The molecule has 1 aliphatic heterocycles. The molecule has 3 N–H and O–H groups in total. The van der Waals surface area contributed by atoms with E-state index >= 15 is 0 Å². The van der Waals surface area contributed by atoms with Gasteiger partial charge in [0.25, 0.3) is 0 Å². The maximum Gasteiger partial charge on any atom is 0.247 e. The molecule has 0 spiro atoms. The molecular weight excluding hydrogens is 590 g/mol. The van der Waals surface area contributed by atoms with Crippen molar-refractivity contribution >= 4 is 61.9 Å². The fraction of sp³-hybridized carbons (Fsp3) is 0.367. The molecule has 1 saturated heterocycles. The number of hydrogen-bond donors (Lipinski definition) is 3. The first-order chi connectivity index (χ1) is 20.4. The lowest BCUT2D eigenvalue weighted by atomic mass is 10.1. The summed E-state index contributed by atoms with van der Waals surface area (Å²) in [6.45, 7) is 14.6. The van der Waals surface area contributed by atoms with Crippen LogP contribution in [0, 0.1) is 0 Å². The van der Waals surface area contributed by atoms with Crippen molar-refractivity contribution in [1.29, 1.82) is 0 Å². The summed E-state index contributed by atoms with van der Waals surface area (Å²) in [6, 6.07) is 10.7. The number of carbonyl (C=O) groups excluding carboxylic acids is 1. The molecule has 1 fully saturated rings. The Balaban J connectivity index is 1.67.